The van der Waals surface area contributed by atoms with E-state index in [1.54, 1.807) is 19.2 Å². The predicted molar refractivity (Wildman–Crippen MR) is 69.6 cm³/mol. The molecule has 0 heterocycles. The summed E-state index contributed by atoms with van der Waals surface area (Å²) >= 11 is 0. The van der Waals surface area contributed by atoms with Crippen LogP contribution in [-0.2, 0) is 9.59 Å². The third-order valence-electron chi connectivity index (χ3n) is 2.95. The Bertz CT molecular complexity index is 448. The summed E-state index contributed by atoms with van der Waals surface area (Å²) in [6.07, 6.45) is 0. The summed E-state index contributed by atoms with van der Waals surface area (Å²) in [5, 5.41) is 2.41. The fourth-order valence-corrected chi connectivity index (χ4v) is 1.55. The SMILES string of the molecule is CC(c1ccc(F)cc1)N(C)C(=O)CNC(=O)CN. The van der Waals surface area contributed by atoms with Crippen LogP contribution in [0.5, 0.6) is 0 Å². The van der Waals surface area contributed by atoms with Gasteiger partial charge in [0.25, 0.3) is 0 Å². The van der Waals surface area contributed by atoms with Gasteiger partial charge in [-0.05, 0) is 24.6 Å². The molecule has 6 heteroatoms. The summed E-state index contributed by atoms with van der Waals surface area (Å²) < 4.78 is 12.8. The highest BCUT2D eigenvalue weighted by molar-refractivity contribution is 5.85. The second kappa shape index (κ2) is 6.84. The Morgan fingerprint density at radius 1 is 1.37 bits per heavy atom. The molecule has 0 aliphatic carbocycles. The van der Waals surface area contributed by atoms with Gasteiger partial charge in [0.15, 0.2) is 0 Å². The Hall–Kier alpha value is -1.95. The van der Waals surface area contributed by atoms with Crippen LogP contribution in [0.2, 0.25) is 0 Å². The van der Waals surface area contributed by atoms with Gasteiger partial charge in [-0.3, -0.25) is 9.59 Å². The van der Waals surface area contributed by atoms with E-state index in [9.17, 15) is 14.0 Å². The fraction of sp³-hybridized carbons (Fsp3) is 0.385. The molecule has 104 valence electrons. The zero-order valence-electron chi connectivity index (χ0n) is 11.0. The van der Waals surface area contributed by atoms with Gasteiger partial charge in [0.2, 0.25) is 11.8 Å². The number of hydrogen-bond acceptors (Lipinski definition) is 3. The summed E-state index contributed by atoms with van der Waals surface area (Å²) in [4.78, 5) is 24.3. The van der Waals surface area contributed by atoms with E-state index in [1.165, 1.54) is 17.0 Å². The Morgan fingerprint density at radius 3 is 2.47 bits per heavy atom. The van der Waals surface area contributed by atoms with Crippen molar-refractivity contribution in [2.45, 2.75) is 13.0 Å². The lowest BCUT2D eigenvalue weighted by molar-refractivity contribution is -0.133. The zero-order valence-corrected chi connectivity index (χ0v) is 11.0. The lowest BCUT2D eigenvalue weighted by Gasteiger charge is -2.25. The Kier molecular flexibility index (Phi) is 5.44. The van der Waals surface area contributed by atoms with E-state index in [0.29, 0.717) is 0 Å². The summed E-state index contributed by atoms with van der Waals surface area (Å²) in [6.45, 7) is 1.58. The number of likely N-dealkylation sites (N-methyl/N-ethyl adjacent to an activating group) is 1. The molecule has 1 atom stereocenters. The molecule has 3 N–H and O–H groups in total. The van der Waals surface area contributed by atoms with Gasteiger partial charge in [-0.25, -0.2) is 4.39 Å². The molecule has 0 saturated carbocycles. The molecule has 5 nitrogen and oxygen atoms in total. The van der Waals surface area contributed by atoms with E-state index < -0.39 is 0 Å². The maximum atomic E-state index is 12.8. The molecule has 1 rings (SSSR count). The van der Waals surface area contributed by atoms with Gasteiger partial charge in [-0.15, -0.1) is 0 Å². The number of amides is 2. The second-order valence-corrected chi connectivity index (χ2v) is 4.21. The molecule has 0 aliphatic rings. The van der Waals surface area contributed by atoms with E-state index in [0.717, 1.165) is 5.56 Å². The number of rotatable bonds is 5. The third kappa shape index (κ3) is 4.33. The van der Waals surface area contributed by atoms with Crippen molar-refractivity contribution in [3.05, 3.63) is 35.6 Å². The van der Waals surface area contributed by atoms with E-state index >= 15 is 0 Å². The first-order valence-corrected chi connectivity index (χ1v) is 5.93. The minimum Gasteiger partial charge on any atom is -0.346 e. The van der Waals surface area contributed by atoms with Gasteiger partial charge < -0.3 is 16.0 Å². The predicted octanol–water partition coefficient (Wildman–Crippen LogP) is 0.420. The molecule has 0 saturated heterocycles. The quantitative estimate of drug-likeness (QED) is 0.812. The summed E-state index contributed by atoms with van der Waals surface area (Å²) in [6, 6.07) is 5.74. The van der Waals surface area contributed by atoms with Crippen LogP contribution >= 0.6 is 0 Å². The normalized spacial score (nSPS) is 11.8. The van der Waals surface area contributed by atoms with Gasteiger partial charge in [-0.1, -0.05) is 12.1 Å². The standard InChI is InChI=1S/C13H18FN3O2/c1-9(10-3-5-11(14)6-4-10)17(2)13(19)8-16-12(18)7-15/h3-6,9H,7-8,15H2,1-2H3,(H,16,18). The zero-order chi connectivity index (χ0) is 14.4. The van der Waals surface area contributed by atoms with Crippen molar-refractivity contribution in [2.24, 2.45) is 5.73 Å². The Morgan fingerprint density at radius 2 is 1.95 bits per heavy atom. The number of carbonyl (C=O) groups excluding carboxylic acids is 2. The molecule has 0 aromatic heterocycles. The van der Waals surface area contributed by atoms with Crippen LogP contribution in [0.3, 0.4) is 0 Å². The highest BCUT2D eigenvalue weighted by atomic mass is 19.1. The van der Waals surface area contributed by atoms with Gasteiger partial charge in [0, 0.05) is 7.05 Å². The number of carbonyl (C=O) groups is 2. The van der Waals surface area contributed by atoms with Crippen molar-refractivity contribution < 1.29 is 14.0 Å². The van der Waals surface area contributed by atoms with Crippen molar-refractivity contribution in [3.8, 4) is 0 Å². The van der Waals surface area contributed by atoms with Gasteiger partial charge in [-0.2, -0.15) is 0 Å². The molecule has 0 bridgehead atoms. The Balaban J connectivity index is 2.60. The molecule has 1 aromatic carbocycles. The van der Waals surface area contributed by atoms with Crippen molar-refractivity contribution >= 4 is 11.8 Å². The van der Waals surface area contributed by atoms with E-state index in [1.807, 2.05) is 6.92 Å². The summed E-state index contributed by atoms with van der Waals surface area (Å²) in [5.74, 6) is -0.935. The summed E-state index contributed by atoms with van der Waals surface area (Å²) in [7, 11) is 1.63. The molecular formula is C13H18FN3O2. The average molecular weight is 267 g/mol. The van der Waals surface area contributed by atoms with Crippen LogP contribution in [0.4, 0.5) is 4.39 Å². The molecule has 0 aliphatic heterocycles. The van der Waals surface area contributed by atoms with E-state index in [-0.39, 0.29) is 36.8 Å². The van der Waals surface area contributed by atoms with Crippen molar-refractivity contribution in [3.63, 3.8) is 0 Å². The van der Waals surface area contributed by atoms with E-state index in [2.05, 4.69) is 5.32 Å². The minimum absolute atomic E-state index is 0.0991. The molecule has 1 unspecified atom stereocenters. The first-order chi connectivity index (χ1) is 8.95. The van der Waals surface area contributed by atoms with Crippen LogP contribution in [0.15, 0.2) is 24.3 Å². The van der Waals surface area contributed by atoms with Gasteiger partial charge in [0.05, 0.1) is 19.1 Å². The molecule has 0 spiro atoms. The maximum Gasteiger partial charge on any atom is 0.242 e. The van der Waals surface area contributed by atoms with Crippen LogP contribution in [-0.4, -0.2) is 36.9 Å². The first kappa shape index (κ1) is 15.1. The first-order valence-electron chi connectivity index (χ1n) is 5.93. The van der Waals surface area contributed by atoms with Gasteiger partial charge in [0.1, 0.15) is 5.82 Å². The van der Waals surface area contributed by atoms with Crippen molar-refractivity contribution in [2.75, 3.05) is 20.1 Å². The minimum atomic E-state index is -0.379. The van der Waals surface area contributed by atoms with Crippen molar-refractivity contribution in [1.82, 2.24) is 10.2 Å². The van der Waals surface area contributed by atoms with Crippen LogP contribution in [0.1, 0.15) is 18.5 Å². The monoisotopic (exact) mass is 267 g/mol. The molecule has 19 heavy (non-hydrogen) atoms. The summed E-state index contributed by atoms with van der Waals surface area (Å²) in [5.41, 5.74) is 5.95. The van der Waals surface area contributed by atoms with Gasteiger partial charge >= 0.3 is 0 Å². The number of nitrogens with two attached hydrogens (primary N) is 1. The number of nitrogens with zero attached hydrogens (tertiary/aromatic N) is 1. The molecule has 0 radical (unpaired) electrons. The highest BCUT2D eigenvalue weighted by Gasteiger charge is 2.17. The topological polar surface area (TPSA) is 75.4 Å². The lowest BCUT2D eigenvalue weighted by atomic mass is 10.1. The highest BCUT2D eigenvalue weighted by Crippen LogP contribution is 2.18. The maximum absolute atomic E-state index is 12.8. The molecule has 0 fully saturated rings. The molecule has 1 aromatic rings. The second-order valence-electron chi connectivity index (χ2n) is 4.21. The number of halogens is 1. The largest absolute Gasteiger partial charge is 0.346 e. The fourth-order valence-electron chi connectivity index (χ4n) is 1.55. The Labute approximate surface area is 111 Å². The van der Waals surface area contributed by atoms with Crippen molar-refractivity contribution in [1.29, 1.82) is 0 Å². The number of benzene rings is 1. The number of hydrogen-bond donors (Lipinski definition) is 2. The smallest absolute Gasteiger partial charge is 0.242 e. The van der Waals surface area contributed by atoms with E-state index in [4.69, 9.17) is 5.73 Å². The molecule has 2 amide bonds. The van der Waals surface area contributed by atoms with Crippen LogP contribution < -0.4 is 11.1 Å². The average Bonchev–Trinajstić information content (AvgIpc) is 2.43. The lowest BCUT2D eigenvalue weighted by Crippen LogP contribution is -2.41. The third-order valence-corrected chi connectivity index (χ3v) is 2.95. The molecular weight excluding hydrogens is 249 g/mol. The van der Waals surface area contributed by atoms with Crippen LogP contribution in [0.25, 0.3) is 0 Å². The van der Waals surface area contributed by atoms with Crippen LogP contribution in [0, 0.1) is 5.82 Å². The number of nitrogens with one attached hydrogen (secondary N) is 1.